The molecule has 0 amide bonds. The minimum Gasteiger partial charge on any atom is -0.479 e. The minimum atomic E-state index is -1.83. The highest BCUT2D eigenvalue weighted by atomic mass is 16.4. The average Bonchev–Trinajstić information content (AvgIpc) is 2.14. The summed E-state index contributed by atoms with van der Waals surface area (Å²) in [5.41, 5.74) is 2.37. The molecule has 0 radical (unpaired) electrons. The molecule has 1 aromatic carbocycles. The van der Waals surface area contributed by atoms with Gasteiger partial charge in [-0.15, -0.1) is 0 Å². The Labute approximate surface area is 95.7 Å². The first-order chi connectivity index (χ1) is 7.19. The fraction of sp³-hybridized carbons (Fsp3) is 0.462. The monoisotopic (exact) mass is 222 g/mol. The second-order valence-electron chi connectivity index (χ2n) is 4.51. The summed E-state index contributed by atoms with van der Waals surface area (Å²) >= 11 is 0. The van der Waals surface area contributed by atoms with Gasteiger partial charge in [0.2, 0.25) is 0 Å². The SMILES string of the molecule is Cc1cc(C)c(C)c(C(C)(O)C(=O)O)c1C. The molecule has 3 nitrogen and oxygen atoms in total. The Kier molecular flexibility index (Phi) is 3.10. The van der Waals surface area contributed by atoms with E-state index in [4.69, 9.17) is 5.11 Å². The number of hydrogen-bond donors (Lipinski definition) is 2. The standard InChI is InChI=1S/C13H18O3/c1-7-6-8(2)10(4)11(9(7)3)13(5,16)12(14)15/h6,16H,1-5H3,(H,14,15). The Balaban J connectivity index is 3.62. The predicted molar refractivity (Wildman–Crippen MR) is 62.6 cm³/mol. The van der Waals surface area contributed by atoms with E-state index in [1.807, 2.05) is 33.8 Å². The van der Waals surface area contributed by atoms with Crippen molar-refractivity contribution in [1.82, 2.24) is 0 Å². The van der Waals surface area contributed by atoms with E-state index in [0.29, 0.717) is 5.56 Å². The Hall–Kier alpha value is -1.35. The van der Waals surface area contributed by atoms with Crippen LogP contribution in [0.25, 0.3) is 0 Å². The van der Waals surface area contributed by atoms with Crippen LogP contribution in [0.4, 0.5) is 0 Å². The molecule has 0 fully saturated rings. The maximum atomic E-state index is 11.1. The number of aliphatic hydroxyl groups is 1. The molecule has 88 valence electrons. The van der Waals surface area contributed by atoms with Crippen LogP contribution in [0.5, 0.6) is 0 Å². The molecule has 0 saturated carbocycles. The van der Waals surface area contributed by atoms with Gasteiger partial charge in [-0.1, -0.05) is 6.07 Å². The molecule has 1 unspecified atom stereocenters. The predicted octanol–water partition coefficient (Wildman–Crippen LogP) is 2.21. The van der Waals surface area contributed by atoms with Crippen molar-refractivity contribution in [2.24, 2.45) is 0 Å². The van der Waals surface area contributed by atoms with Gasteiger partial charge in [0.15, 0.2) is 5.60 Å². The normalized spacial score (nSPS) is 14.6. The summed E-state index contributed by atoms with van der Waals surface area (Å²) in [6.45, 7) is 8.85. The third-order valence-corrected chi connectivity index (χ3v) is 3.27. The number of carbonyl (C=O) groups is 1. The zero-order valence-electron chi connectivity index (χ0n) is 10.4. The summed E-state index contributed by atoms with van der Waals surface area (Å²) in [6, 6.07) is 2.01. The molecule has 1 aromatic rings. The first-order valence-corrected chi connectivity index (χ1v) is 5.23. The summed E-state index contributed by atoms with van der Waals surface area (Å²) in [5.74, 6) is -1.22. The third kappa shape index (κ3) is 1.83. The topological polar surface area (TPSA) is 57.5 Å². The molecule has 2 N–H and O–H groups in total. The maximum Gasteiger partial charge on any atom is 0.340 e. The van der Waals surface area contributed by atoms with E-state index in [9.17, 15) is 9.90 Å². The second-order valence-corrected chi connectivity index (χ2v) is 4.51. The van der Waals surface area contributed by atoms with Gasteiger partial charge in [-0.05, 0) is 56.9 Å². The fourth-order valence-electron chi connectivity index (χ4n) is 2.05. The van der Waals surface area contributed by atoms with Gasteiger partial charge in [0.25, 0.3) is 0 Å². The van der Waals surface area contributed by atoms with E-state index >= 15 is 0 Å². The summed E-state index contributed by atoms with van der Waals surface area (Å²) in [7, 11) is 0. The lowest BCUT2D eigenvalue weighted by Crippen LogP contribution is -2.34. The van der Waals surface area contributed by atoms with Crippen LogP contribution in [0.3, 0.4) is 0 Å². The van der Waals surface area contributed by atoms with Crippen molar-refractivity contribution in [3.8, 4) is 0 Å². The van der Waals surface area contributed by atoms with Crippen molar-refractivity contribution < 1.29 is 15.0 Å². The highest BCUT2D eigenvalue weighted by Crippen LogP contribution is 2.31. The molecule has 0 bridgehead atoms. The molecule has 3 heteroatoms. The molecule has 1 rings (SSSR count). The number of carboxylic acids is 1. The van der Waals surface area contributed by atoms with Gasteiger partial charge in [0.05, 0.1) is 0 Å². The van der Waals surface area contributed by atoms with Gasteiger partial charge in [0, 0.05) is 5.56 Å². The first kappa shape index (κ1) is 12.7. The van der Waals surface area contributed by atoms with E-state index in [1.54, 1.807) is 0 Å². The van der Waals surface area contributed by atoms with Crippen molar-refractivity contribution in [2.75, 3.05) is 0 Å². The Morgan fingerprint density at radius 3 is 1.81 bits per heavy atom. The lowest BCUT2D eigenvalue weighted by molar-refractivity contribution is -0.157. The second kappa shape index (κ2) is 3.91. The molecule has 0 saturated heterocycles. The maximum absolute atomic E-state index is 11.1. The van der Waals surface area contributed by atoms with Gasteiger partial charge < -0.3 is 10.2 Å². The van der Waals surface area contributed by atoms with Crippen molar-refractivity contribution in [3.05, 3.63) is 33.9 Å². The van der Waals surface area contributed by atoms with Gasteiger partial charge in [-0.2, -0.15) is 0 Å². The number of benzene rings is 1. The van der Waals surface area contributed by atoms with E-state index in [1.165, 1.54) is 6.92 Å². The third-order valence-electron chi connectivity index (χ3n) is 3.27. The van der Waals surface area contributed by atoms with Gasteiger partial charge in [-0.3, -0.25) is 0 Å². The first-order valence-electron chi connectivity index (χ1n) is 5.23. The number of hydrogen-bond acceptors (Lipinski definition) is 2. The zero-order chi connectivity index (χ0) is 12.7. The van der Waals surface area contributed by atoms with Crippen LogP contribution in [0, 0.1) is 27.7 Å². The molecule has 1 atom stereocenters. The van der Waals surface area contributed by atoms with Crippen molar-refractivity contribution >= 4 is 5.97 Å². The number of aliphatic carboxylic acids is 1. The van der Waals surface area contributed by atoms with E-state index < -0.39 is 11.6 Å². The van der Waals surface area contributed by atoms with Crippen LogP contribution in [-0.2, 0) is 10.4 Å². The fourth-order valence-corrected chi connectivity index (χ4v) is 2.05. The summed E-state index contributed by atoms with van der Waals surface area (Å²) in [6.07, 6.45) is 0. The van der Waals surface area contributed by atoms with Crippen LogP contribution in [-0.4, -0.2) is 16.2 Å². The average molecular weight is 222 g/mol. The molecule has 0 heterocycles. The van der Waals surface area contributed by atoms with Crippen LogP contribution in [0.15, 0.2) is 6.07 Å². The van der Waals surface area contributed by atoms with Crippen molar-refractivity contribution in [2.45, 2.75) is 40.2 Å². The highest BCUT2D eigenvalue weighted by molar-refractivity contribution is 5.80. The molecule has 16 heavy (non-hydrogen) atoms. The lowest BCUT2D eigenvalue weighted by Gasteiger charge is -2.25. The molecule has 0 aliphatic rings. The molecule has 0 aromatic heterocycles. The van der Waals surface area contributed by atoms with E-state index in [-0.39, 0.29) is 0 Å². The summed E-state index contributed by atoms with van der Waals surface area (Å²) < 4.78 is 0. The minimum absolute atomic E-state index is 0.512. The zero-order valence-corrected chi connectivity index (χ0v) is 10.4. The molecule has 0 spiro atoms. The molecular weight excluding hydrogens is 204 g/mol. The Bertz CT molecular complexity index is 419. The summed E-state index contributed by atoms with van der Waals surface area (Å²) in [5, 5.41) is 19.1. The van der Waals surface area contributed by atoms with Crippen molar-refractivity contribution in [1.29, 1.82) is 0 Å². The summed E-state index contributed by atoms with van der Waals surface area (Å²) in [4.78, 5) is 11.1. The van der Waals surface area contributed by atoms with Gasteiger partial charge >= 0.3 is 5.97 Å². The molecule has 0 aliphatic heterocycles. The van der Waals surface area contributed by atoms with E-state index in [0.717, 1.165) is 22.3 Å². The van der Waals surface area contributed by atoms with Crippen molar-refractivity contribution in [3.63, 3.8) is 0 Å². The van der Waals surface area contributed by atoms with Crippen LogP contribution in [0.1, 0.15) is 34.7 Å². The lowest BCUT2D eigenvalue weighted by atomic mass is 9.84. The molecule has 0 aliphatic carbocycles. The van der Waals surface area contributed by atoms with Crippen LogP contribution < -0.4 is 0 Å². The van der Waals surface area contributed by atoms with Gasteiger partial charge in [-0.25, -0.2) is 4.79 Å². The van der Waals surface area contributed by atoms with Gasteiger partial charge in [0.1, 0.15) is 0 Å². The van der Waals surface area contributed by atoms with E-state index in [2.05, 4.69) is 0 Å². The Morgan fingerprint density at radius 2 is 1.50 bits per heavy atom. The largest absolute Gasteiger partial charge is 0.479 e. The molecular formula is C13H18O3. The smallest absolute Gasteiger partial charge is 0.340 e. The Morgan fingerprint density at radius 1 is 1.12 bits per heavy atom. The van der Waals surface area contributed by atoms with Crippen LogP contribution >= 0.6 is 0 Å². The van der Waals surface area contributed by atoms with Crippen LogP contribution in [0.2, 0.25) is 0 Å². The quantitative estimate of drug-likeness (QED) is 0.806. The number of carboxylic acid groups (broad SMARTS) is 1. The number of aryl methyl sites for hydroxylation is 2. The highest BCUT2D eigenvalue weighted by Gasteiger charge is 2.35. The number of rotatable bonds is 2.